The van der Waals surface area contributed by atoms with Crippen molar-refractivity contribution in [2.75, 3.05) is 0 Å². The molecule has 1 aromatic heterocycles. The summed E-state index contributed by atoms with van der Waals surface area (Å²) in [6.45, 7) is 0. The molecule has 0 N–H and O–H groups in total. The van der Waals surface area contributed by atoms with Crippen LogP contribution in [0.25, 0.3) is 43.8 Å². The van der Waals surface area contributed by atoms with Gasteiger partial charge in [0.05, 0.1) is 0 Å². The van der Waals surface area contributed by atoms with E-state index in [-0.39, 0.29) is 0 Å². The van der Waals surface area contributed by atoms with E-state index >= 15 is 0 Å². The van der Waals surface area contributed by atoms with Gasteiger partial charge in [-0.15, -0.1) is 0 Å². The largest absolute Gasteiger partial charge is 0.456 e. The molecule has 0 spiro atoms. The minimum atomic E-state index is 0.744. The minimum Gasteiger partial charge on any atom is -0.456 e. The van der Waals surface area contributed by atoms with Crippen molar-refractivity contribution in [1.29, 1.82) is 0 Å². The Bertz CT molecular complexity index is 1220. The van der Waals surface area contributed by atoms with Crippen LogP contribution in [0.15, 0.2) is 83.3 Å². The molecule has 0 unspecified atom stereocenters. The first-order chi connectivity index (χ1) is 11.8. The lowest BCUT2D eigenvalue weighted by atomic mass is 9.97. The second kappa shape index (κ2) is 5.12. The highest BCUT2D eigenvalue weighted by Crippen LogP contribution is 2.36. The normalized spacial score (nSPS) is 11.5. The fourth-order valence-corrected chi connectivity index (χ4v) is 3.63. The lowest BCUT2D eigenvalue weighted by Gasteiger charge is -2.08. The van der Waals surface area contributed by atoms with Gasteiger partial charge in [0.1, 0.15) is 11.2 Å². The molecule has 5 aromatic rings. The number of fused-ring (bicyclic) bond motifs is 4. The number of rotatable bonds is 1. The van der Waals surface area contributed by atoms with Crippen LogP contribution in [0.3, 0.4) is 0 Å². The molecular weight excluding hydrogens is 316 g/mol. The van der Waals surface area contributed by atoms with Gasteiger partial charge in [-0.25, -0.2) is 0 Å². The number of para-hydroxylation sites is 1. The fourth-order valence-electron chi connectivity index (χ4n) is 3.41. The third-order valence-corrected chi connectivity index (χ3v) is 4.73. The van der Waals surface area contributed by atoms with Crippen molar-refractivity contribution in [1.82, 2.24) is 0 Å². The van der Waals surface area contributed by atoms with Crippen molar-refractivity contribution in [3.8, 4) is 11.1 Å². The molecule has 0 aliphatic carbocycles. The van der Waals surface area contributed by atoms with Gasteiger partial charge in [0.25, 0.3) is 0 Å². The summed E-state index contributed by atoms with van der Waals surface area (Å²) in [5, 5.41) is 5.37. The third kappa shape index (κ3) is 2.02. The summed E-state index contributed by atoms with van der Waals surface area (Å²) in [6, 6.07) is 26.8. The molecule has 0 aliphatic rings. The van der Waals surface area contributed by atoms with Crippen molar-refractivity contribution in [3.05, 3.63) is 83.9 Å². The van der Waals surface area contributed by atoms with Gasteiger partial charge in [0.2, 0.25) is 0 Å². The summed E-state index contributed by atoms with van der Waals surface area (Å²) >= 11 is 6.33. The number of halogens is 1. The Morgan fingerprint density at radius 1 is 0.625 bits per heavy atom. The van der Waals surface area contributed by atoms with Crippen LogP contribution >= 0.6 is 11.6 Å². The number of hydrogen-bond acceptors (Lipinski definition) is 1. The monoisotopic (exact) mass is 328 g/mol. The summed E-state index contributed by atoms with van der Waals surface area (Å²) < 4.78 is 6.02. The summed E-state index contributed by atoms with van der Waals surface area (Å²) in [4.78, 5) is 0. The van der Waals surface area contributed by atoms with Crippen LogP contribution in [0.5, 0.6) is 0 Å². The van der Waals surface area contributed by atoms with Gasteiger partial charge in [-0.3, -0.25) is 0 Å². The average Bonchev–Trinajstić information content (AvgIpc) is 2.98. The van der Waals surface area contributed by atoms with Gasteiger partial charge in [0.15, 0.2) is 0 Å². The van der Waals surface area contributed by atoms with Gasteiger partial charge in [-0.2, -0.15) is 0 Å². The van der Waals surface area contributed by atoms with E-state index in [9.17, 15) is 0 Å². The van der Waals surface area contributed by atoms with Crippen molar-refractivity contribution < 1.29 is 4.42 Å². The van der Waals surface area contributed by atoms with E-state index in [1.165, 1.54) is 5.39 Å². The van der Waals surface area contributed by atoms with Crippen LogP contribution in [-0.2, 0) is 0 Å². The first-order valence-electron chi connectivity index (χ1n) is 7.89. The maximum absolute atomic E-state index is 6.33. The van der Waals surface area contributed by atoms with E-state index in [2.05, 4.69) is 42.5 Å². The van der Waals surface area contributed by atoms with Crippen LogP contribution in [0.4, 0.5) is 0 Å². The summed E-state index contributed by atoms with van der Waals surface area (Å²) in [6.07, 6.45) is 0. The van der Waals surface area contributed by atoms with Gasteiger partial charge in [-0.05, 0) is 52.2 Å². The molecule has 4 aromatic carbocycles. The first kappa shape index (κ1) is 13.6. The predicted molar refractivity (Wildman–Crippen MR) is 102 cm³/mol. The molecule has 24 heavy (non-hydrogen) atoms. The minimum absolute atomic E-state index is 0.744. The molecule has 0 bridgehead atoms. The molecule has 2 heteroatoms. The van der Waals surface area contributed by atoms with Gasteiger partial charge >= 0.3 is 0 Å². The highest BCUT2D eigenvalue weighted by molar-refractivity contribution is 6.32. The molecule has 5 rings (SSSR count). The number of furan rings is 1. The lowest BCUT2D eigenvalue weighted by molar-refractivity contribution is 0.669. The molecule has 0 saturated carbocycles. The zero-order chi connectivity index (χ0) is 16.1. The van der Waals surface area contributed by atoms with E-state index in [0.717, 1.165) is 43.5 Å². The Morgan fingerprint density at radius 3 is 2.29 bits per heavy atom. The summed E-state index contributed by atoms with van der Waals surface area (Å²) in [7, 11) is 0. The Balaban J connectivity index is 1.82. The van der Waals surface area contributed by atoms with Crippen molar-refractivity contribution in [3.63, 3.8) is 0 Å². The van der Waals surface area contributed by atoms with Crippen LogP contribution in [0.1, 0.15) is 0 Å². The van der Waals surface area contributed by atoms with E-state index in [1.807, 2.05) is 36.4 Å². The second-order valence-corrected chi connectivity index (χ2v) is 6.42. The quantitative estimate of drug-likeness (QED) is 0.321. The molecule has 0 atom stereocenters. The Morgan fingerprint density at radius 2 is 1.38 bits per heavy atom. The molecular formula is C22H13ClO. The third-order valence-electron chi connectivity index (χ3n) is 4.52. The SMILES string of the molecule is Clc1cc(-c2ccc3c(c2)oc2ccccc23)c2ccccc2c1. The summed E-state index contributed by atoms with van der Waals surface area (Å²) in [5.74, 6) is 0. The second-order valence-electron chi connectivity index (χ2n) is 5.98. The summed E-state index contributed by atoms with van der Waals surface area (Å²) in [5.41, 5.74) is 4.05. The highest BCUT2D eigenvalue weighted by atomic mass is 35.5. The Kier molecular flexibility index (Phi) is 2.91. The Hall–Kier alpha value is -2.77. The average molecular weight is 329 g/mol. The first-order valence-corrected chi connectivity index (χ1v) is 8.27. The smallest absolute Gasteiger partial charge is 0.136 e. The fraction of sp³-hybridized carbons (Fsp3) is 0. The van der Waals surface area contributed by atoms with Crippen LogP contribution in [0.2, 0.25) is 5.02 Å². The van der Waals surface area contributed by atoms with Crippen molar-refractivity contribution in [2.24, 2.45) is 0 Å². The van der Waals surface area contributed by atoms with Crippen LogP contribution in [-0.4, -0.2) is 0 Å². The van der Waals surface area contributed by atoms with E-state index < -0.39 is 0 Å². The van der Waals surface area contributed by atoms with Crippen molar-refractivity contribution in [2.45, 2.75) is 0 Å². The lowest BCUT2D eigenvalue weighted by Crippen LogP contribution is -1.82. The number of benzene rings is 4. The maximum atomic E-state index is 6.33. The topological polar surface area (TPSA) is 13.1 Å². The van der Waals surface area contributed by atoms with Crippen LogP contribution < -0.4 is 0 Å². The molecule has 0 saturated heterocycles. The number of hydrogen-bond donors (Lipinski definition) is 0. The predicted octanol–water partition coefficient (Wildman–Crippen LogP) is 7.06. The van der Waals surface area contributed by atoms with E-state index in [1.54, 1.807) is 0 Å². The van der Waals surface area contributed by atoms with Crippen molar-refractivity contribution >= 4 is 44.3 Å². The molecule has 0 radical (unpaired) electrons. The van der Waals surface area contributed by atoms with E-state index in [4.69, 9.17) is 16.0 Å². The van der Waals surface area contributed by atoms with Gasteiger partial charge in [0, 0.05) is 15.8 Å². The zero-order valence-electron chi connectivity index (χ0n) is 12.8. The maximum Gasteiger partial charge on any atom is 0.136 e. The molecule has 0 aliphatic heterocycles. The highest BCUT2D eigenvalue weighted by Gasteiger charge is 2.10. The van der Waals surface area contributed by atoms with E-state index in [0.29, 0.717) is 0 Å². The molecule has 0 amide bonds. The van der Waals surface area contributed by atoms with Crippen LogP contribution in [0, 0.1) is 0 Å². The van der Waals surface area contributed by atoms with Gasteiger partial charge < -0.3 is 4.42 Å². The molecule has 1 nitrogen and oxygen atoms in total. The standard InChI is InChI=1S/C22H13ClO/c23-16-11-14-5-1-2-6-17(14)20(13-16)15-9-10-19-18-7-3-4-8-21(18)24-22(19)12-15/h1-13H. The molecule has 1 heterocycles. The molecule has 0 fully saturated rings. The zero-order valence-corrected chi connectivity index (χ0v) is 13.5. The van der Waals surface area contributed by atoms with Gasteiger partial charge in [-0.1, -0.05) is 60.1 Å². The Labute approximate surface area is 144 Å². The molecule has 114 valence electrons.